The van der Waals surface area contributed by atoms with Crippen LogP contribution in [-0.2, 0) is 19.5 Å². The standard InChI is InChI=1S/C20H31N2/c1-3-5-8-14-20-21(15-11-6-4-2)16-17-22(20)18-19-12-9-7-10-13-19/h7,9-10,12-13,16-17H,3-6,8,11,14-15,18H2,1-2H3/q+1. The molecule has 0 bridgehead atoms. The smallest absolute Gasteiger partial charge is 0.234 e. The van der Waals surface area contributed by atoms with E-state index < -0.39 is 0 Å². The Kier molecular flexibility index (Phi) is 7.21. The van der Waals surface area contributed by atoms with Crippen LogP contribution in [-0.4, -0.2) is 4.57 Å². The van der Waals surface area contributed by atoms with E-state index in [4.69, 9.17) is 0 Å². The highest BCUT2D eigenvalue weighted by Gasteiger charge is 2.16. The molecular weight excluding hydrogens is 268 g/mol. The average molecular weight is 299 g/mol. The maximum Gasteiger partial charge on any atom is 0.256 e. The summed E-state index contributed by atoms with van der Waals surface area (Å²) in [5.41, 5.74) is 1.38. The first-order chi connectivity index (χ1) is 10.8. The quantitative estimate of drug-likeness (QED) is 0.442. The van der Waals surface area contributed by atoms with Gasteiger partial charge in [0.05, 0.1) is 6.54 Å². The van der Waals surface area contributed by atoms with Gasteiger partial charge in [0.25, 0.3) is 5.82 Å². The molecular formula is C20H31N2+. The normalized spacial score (nSPS) is 11.0. The number of aromatic nitrogens is 2. The molecule has 0 aliphatic heterocycles. The second kappa shape index (κ2) is 9.45. The van der Waals surface area contributed by atoms with Crippen molar-refractivity contribution < 1.29 is 4.57 Å². The number of unbranched alkanes of at least 4 members (excludes halogenated alkanes) is 4. The summed E-state index contributed by atoms with van der Waals surface area (Å²) < 4.78 is 4.92. The first-order valence-electron chi connectivity index (χ1n) is 8.96. The highest BCUT2D eigenvalue weighted by atomic mass is 15.1. The topological polar surface area (TPSA) is 8.81 Å². The molecule has 2 aromatic rings. The van der Waals surface area contributed by atoms with Gasteiger partial charge in [0.1, 0.15) is 18.9 Å². The molecule has 0 unspecified atom stereocenters. The predicted molar refractivity (Wildman–Crippen MR) is 92.9 cm³/mol. The van der Waals surface area contributed by atoms with Crippen molar-refractivity contribution in [1.29, 1.82) is 0 Å². The molecule has 2 nitrogen and oxygen atoms in total. The van der Waals surface area contributed by atoms with Crippen molar-refractivity contribution in [1.82, 2.24) is 4.57 Å². The van der Waals surface area contributed by atoms with Crippen molar-refractivity contribution >= 4 is 0 Å². The highest BCUT2D eigenvalue weighted by molar-refractivity contribution is 5.15. The Labute approximate surface area is 135 Å². The number of rotatable bonds is 10. The second-order valence-electron chi connectivity index (χ2n) is 6.19. The number of hydrogen-bond acceptors (Lipinski definition) is 0. The fourth-order valence-corrected chi connectivity index (χ4v) is 2.98. The maximum absolute atomic E-state index is 2.48. The van der Waals surface area contributed by atoms with Gasteiger partial charge in [0.15, 0.2) is 0 Å². The number of benzene rings is 1. The molecule has 0 radical (unpaired) electrons. The van der Waals surface area contributed by atoms with Crippen molar-refractivity contribution in [2.45, 2.75) is 71.9 Å². The van der Waals surface area contributed by atoms with E-state index in [0.29, 0.717) is 0 Å². The van der Waals surface area contributed by atoms with Crippen molar-refractivity contribution in [3.05, 3.63) is 54.1 Å². The zero-order chi connectivity index (χ0) is 15.6. The fourth-order valence-electron chi connectivity index (χ4n) is 2.98. The van der Waals surface area contributed by atoms with Gasteiger partial charge in [-0.1, -0.05) is 63.4 Å². The summed E-state index contributed by atoms with van der Waals surface area (Å²) in [6.07, 6.45) is 13.5. The van der Waals surface area contributed by atoms with Crippen LogP contribution in [0.25, 0.3) is 0 Å². The van der Waals surface area contributed by atoms with E-state index in [1.54, 1.807) is 0 Å². The van der Waals surface area contributed by atoms with Crippen molar-refractivity contribution in [2.75, 3.05) is 0 Å². The molecule has 2 heteroatoms. The Morgan fingerprint density at radius 1 is 0.909 bits per heavy atom. The summed E-state index contributed by atoms with van der Waals surface area (Å²) >= 11 is 0. The number of aryl methyl sites for hydroxylation is 1. The molecule has 0 spiro atoms. The monoisotopic (exact) mass is 299 g/mol. The van der Waals surface area contributed by atoms with Crippen molar-refractivity contribution in [2.24, 2.45) is 0 Å². The van der Waals surface area contributed by atoms with Crippen LogP contribution in [0.2, 0.25) is 0 Å². The van der Waals surface area contributed by atoms with Crippen LogP contribution in [0.1, 0.15) is 63.8 Å². The third-order valence-electron chi connectivity index (χ3n) is 4.29. The van der Waals surface area contributed by atoms with Gasteiger partial charge in [-0.3, -0.25) is 0 Å². The first kappa shape index (κ1) is 16.8. The largest absolute Gasteiger partial charge is 0.256 e. The van der Waals surface area contributed by atoms with E-state index in [1.165, 1.54) is 56.3 Å². The predicted octanol–water partition coefficient (Wildman–Crippen LogP) is 4.75. The van der Waals surface area contributed by atoms with E-state index in [1.807, 2.05) is 0 Å². The summed E-state index contributed by atoms with van der Waals surface area (Å²) in [5.74, 6) is 1.49. The van der Waals surface area contributed by atoms with Gasteiger partial charge in [0, 0.05) is 6.42 Å². The van der Waals surface area contributed by atoms with Crippen LogP contribution in [0.5, 0.6) is 0 Å². The summed E-state index contributed by atoms with van der Waals surface area (Å²) in [6.45, 7) is 6.70. The van der Waals surface area contributed by atoms with E-state index in [0.717, 1.165) is 13.1 Å². The molecule has 1 aromatic carbocycles. The third-order valence-corrected chi connectivity index (χ3v) is 4.29. The molecule has 0 saturated carbocycles. The zero-order valence-corrected chi connectivity index (χ0v) is 14.3. The highest BCUT2D eigenvalue weighted by Crippen LogP contribution is 2.09. The van der Waals surface area contributed by atoms with E-state index >= 15 is 0 Å². The molecule has 22 heavy (non-hydrogen) atoms. The lowest BCUT2D eigenvalue weighted by Gasteiger charge is -2.06. The van der Waals surface area contributed by atoms with Gasteiger partial charge >= 0.3 is 0 Å². The van der Waals surface area contributed by atoms with Crippen LogP contribution >= 0.6 is 0 Å². The van der Waals surface area contributed by atoms with Crippen molar-refractivity contribution in [3.8, 4) is 0 Å². The lowest BCUT2D eigenvalue weighted by Crippen LogP contribution is -2.37. The molecule has 0 saturated heterocycles. The minimum absolute atomic E-state index is 0.989. The molecule has 0 aliphatic rings. The lowest BCUT2D eigenvalue weighted by molar-refractivity contribution is -0.704. The lowest BCUT2D eigenvalue weighted by atomic mass is 10.2. The molecule has 0 N–H and O–H groups in total. The Hall–Kier alpha value is -1.57. The number of imidazole rings is 1. The molecule has 1 aromatic heterocycles. The Balaban J connectivity index is 2.09. The summed E-state index contributed by atoms with van der Waals surface area (Å²) in [6, 6.07) is 10.8. The van der Waals surface area contributed by atoms with Crippen LogP contribution in [0.3, 0.4) is 0 Å². The fraction of sp³-hybridized carbons (Fsp3) is 0.550. The number of hydrogen-bond donors (Lipinski definition) is 0. The Morgan fingerprint density at radius 2 is 1.64 bits per heavy atom. The Morgan fingerprint density at radius 3 is 2.36 bits per heavy atom. The third kappa shape index (κ3) is 5.01. The molecule has 120 valence electrons. The van der Waals surface area contributed by atoms with E-state index in [-0.39, 0.29) is 0 Å². The zero-order valence-electron chi connectivity index (χ0n) is 14.3. The SMILES string of the molecule is CCCCCc1n(Cc2ccccc2)cc[n+]1CCCCC. The maximum atomic E-state index is 2.48. The molecule has 1 heterocycles. The van der Waals surface area contributed by atoms with Gasteiger partial charge in [-0.05, 0) is 24.8 Å². The van der Waals surface area contributed by atoms with Crippen LogP contribution in [0.4, 0.5) is 0 Å². The first-order valence-corrected chi connectivity index (χ1v) is 8.96. The van der Waals surface area contributed by atoms with E-state index in [2.05, 4.69) is 65.7 Å². The molecule has 0 fully saturated rings. The van der Waals surface area contributed by atoms with Gasteiger partial charge in [0.2, 0.25) is 0 Å². The second-order valence-corrected chi connectivity index (χ2v) is 6.19. The van der Waals surface area contributed by atoms with Gasteiger partial charge in [-0.25, -0.2) is 9.13 Å². The van der Waals surface area contributed by atoms with Gasteiger partial charge in [-0.2, -0.15) is 0 Å². The van der Waals surface area contributed by atoms with Gasteiger partial charge < -0.3 is 0 Å². The minimum Gasteiger partial charge on any atom is -0.234 e. The molecule has 0 atom stereocenters. The average Bonchev–Trinajstić information content (AvgIpc) is 2.91. The van der Waals surface area contributed by atoms with E-state index in [9.17, 15) is 0 Å². The van der Waals surface area contributed by atoms with Crippen LogP contribution < -0.4 is 4.57 Å². The molecule has 0 amide bonds. The number of nitrogens with zero attached hydrogens (tertiary/aromatic N) is 2. The summed E-state index contributed by atoms with van der Waals surface area (Å²) in [7, 11) is 0. The van der Waals surface area contributed by atoms with Crippen LogP contribution in [0.15, 0.2) is 42.7 Å². The Bertz CT molecular complexity index is 528. The summed E-state index contributed by atoms with van der Waals surface area (Å²) in [5, 5.41) is 0. The van der Waals surface area contributed by atoms with Crippen LogP contribution in [0, 0.1) is 0 Å². The van der Waals surface area contributed by atoms with Crippen molar-refractivity contribution in [3.63, 3.8) is 0 Å². The molecule has 0 aliphatic carbocycles. The molecule has 2 rings (SSSR count). The summed E-state index contributed by atoms with van der Waals surface area (Å²) in [4.78, 5) is 0. The minimum atomic E-state index is 0.989. The van der Waals surface area contributed by atoms with Gasteiger partial charge in [-0.15, -0.1) is 0 Å².